The van der Waals surface area contributed by atoms with Gasteiger partial charge in [0.15, 0.2) is 0 Å². The van der Waals surface area contributed by atoms with Gasteiger partial charge in [-0.05, 0) is 49.9 Å². The van der Waals surface area contributed by atoms with E-state index in [0.29, 0.717) is 24.0 Å². The molecule has 1 N–H and O–H groups in total. The summed E-state index contributed by atoms with van der Waals surface area (Å²) in [4.78, 5) is 19.8. The minimum absolute atomic E-state index is 0.132. The van der Waals surface area contributed by atoms with Gasteiger partial charge < -0.3 is 14.6 Å². The maximum atomic E-state index is 13.3. The van der Waals surface area contributed by atoms with E-state index >= 15 is 0 Å². The molecule has 2 heterocycles. The maximum absolute atomic E-state index is 13.3. The third-order valence-electron chi connectivity index (χ3n) is 6.68. The number of benzene rings is 3. The van der Waals surface area contributed by atoms with E-state index in [-0.39, 0.29) is 6.03 Å². The largest absolute Gasteiger partial charge is 0.497 e. The van der Waals surface area contributed by atoms with Crippen LogP contribution in [0, 0.1) is 6.92 Å². The van der Waals surface area contributed by atoms with Crippen molar-refractivity contribution in [3.05, 3.63) is 107 Å². The third-order valence-corrected chi connectivity index (χ3v) is 6.68. The molecule has 4 aromatic rings. The molecular weight excluding hydrogens is 464 g/mol. The molecule has 0 aliphatic carbocycles. The lowest BCUT2D eigenvalue weighted by Gasteiger charge is -2.35. The first-order valence-corrected chi connectivity index (χ1v) is 12.4. The van der Waals surface area contributed by atoms with Crippen molar-refractivity contribution >= 4 is 11.6 Å². The van der Waals surface area contributed by atoms with E-state index in [1.807, 2.05) is 80.6 Å². The molecule has 2 amide bonds. The van der Waals surface area contributed by atoms with Crippen molar-refractivity contribution in [2.75, 3.05) is 13.7 Å². The fourth-order valence-electron chi connectivity index (χ4n) is 4.63. The molecule has 1 aromatic heterocycles. The maximum Gasteiger partial charge on any atom is 0.322 e. The Labute approximate surface area is 216 Å². The Morgan fingerprint density at radius 1 is 1.00 bits per heavy atom. The fraction of sp³-hybridized carbons (Fsp3) is 0.233. The predicted molar refractivity (Wildman–Crippen MR) is 143 cm³/mol. The first-order valence-electron chi connectivity index (χ1n) is 12.4. The summed E-state index contributed by atoms with van der Waals surface area (Å²) in [7, 11) is 1.62. The van der Waals surface area contributed by atoms with Gasteiger partial charge in [-0.2, -0.15) is 4.98 Å². The summed E-state index contributed by atoms with van der Waals surface area (Å²) in [6.07, 6.45) is 1.71. The molecular formula is C30H30N4O3. The zero-order valence-corrected chi connectivity index (χ0v) is 21.3. The highest BCUT2D eigenvalue weighted by molar-refractivity contribution is 5.86. The van der Waals surface area contributed by atoms with Crippen molar-refractivity contribution in [1.29, 1.82) is 0 Å². The van der Waals surface area contributed by atoms with Crippen LogP contribution in [0.25, 0.3) is 17.0 Å². The standard InChI is InChI=1S/C30H30N4O3/c1-20-14-16-23(17-15-20)27-26(29-32-28(33-37-29)24-12-7-13-25(19-24)36-3)21(2)34(30(35)31-27)18-8-11-22-9-5-4-6-10-22/h4-7,9-10,12-17,19,27H,8,11,18H2,1-3H3,(H,31,35). The van der Waals surface area contributed by atoms with Gasteiger partial charge in [0.05, 0.1) is 18.7 Å². The number of aryl methyl sites for hydroxylation is 2. The Morgan fingerprint density at radius 3 is 2.54 bits per heavy atom. The summed E-state index contributed by atoms with van der Waals surface area (Å²) in [5, 5.41) is 7.43. The summed E-state index contributed by atoms with van der Waals surface area (Å²) >= 11 is 0. The molecule has 188 valence electrons. The highest BCUT2D eigenvalue weighted by Crippen LogP contribution is 2.37. The molecule has 7 nitrogen and oxygen atoms in total. The van der Waals surface area contributed by atoms with Crippen molar-refractivity contribution in [3.8, 4) is 17.1 Å². The average molecular weight is 495 g/mol. The number of carbonyl (C=O) groups excluding carboxylic acids is 1. The van der Waals surface area contributed by atoms with Gasteiger partial charge >= 0.3 is 6.03 Å². The molecule has 0 fully saturated rings. The molecule has 0 radical (unpaired) electrons. The highest BCUT2D eigenvalue weighted by Gasteiger charge is 2.35. The lowest BCUT2D eigenvalue weighted by atomic mass is 9.94. The first-order chi connectivity index (χ1) is 18.0. The molecule has 1 atom stereocenters. The molecule has 1 aliphatic heterocycles. The Balaban J connectivity index is 1.49. The fourth-order valence-corrected chi connectivity index (χ4v) is 4.63. The van der Waals surface area contributed by atoms with Gasteiger partial charge in [-0.3, -0.25) is 4.90 Å². The van der Waals surface area contributed by atoms with Gasteiger partial charge in [0.1, 0.15) is 5.75 Å². The van der Waals surface area contributed by atoms with Crippen molar-refractivity contribution in [3.63, 3.8) is 0 Å². The normalized spacial score (nSPS) is 15.6. The molecule has 1 unspecified atom stereocenters. The van der Waals surface area contributed by atoms with Crippen molar-refractivity contribution < 1.29 is 14.1 Å². The summed E-state index contributed by atoms with van der Waals surface area (Å²) in [6.45, 7) is 4.57. The Kier molecular flexibility index (Phi) is 7.03. The van der Waals surface area contributed by atoms with Gasteiger partial charge in [0.2, 0.25) is 5.82 Å². The number of aromatic nitrogens is 2. The van der Waals surface area contributed by atoms with E-state index in [0.717, 1.165) is 40.8 Å². The quantitative estimate of drug-likeness (QED) is 0.316. The van der Waals surface area contributed by atoms with Crippen LogP contribution in [0.15, 0.2) is 89.1 Å². The van der Waals surface area contributed by atoms with E-state index in [9.17, 15) is 4.79 Å². The summed E-state index contributed by atoms with van der Waals surface area (Å²) in [6, 6.07) is 25.4. The van der Waals surface area contributed by atoms with Gasteiger partial charge in [0.25, 0.3) is 5.89 Å². The summed E-state index contributed by atoms with van der Waals surface area (Å²) in [5.41, 5.74) is 5.75. The predicted octanol–water partition coefficient (Wildman–Crippen LogP) is 6.18. The van der Waals surface area contributed by atoms with Crippen LogP contribution in [0.1, 0.15) is 42.0 Å². The monoisotopic (exact) mass is 494 g/mol. The van der Waals surface area contributed by atoms with Gasteiger partial charge in [0, 0.05) is 17.8 Å². The Morgan fingerprint density at radius 2 is 1.78 bits per heavy atom. The van der Waals surface area contributed by atoms with E-state index in [1.165, 1.54) is 5.56 Å². The molecule has 0 spiro atoms. The second-order valence-electron chi connectivity index (χ2n) is 9.19. The zero-order chi connectivity index (χ0) is 25.8. The van der Waals surface area contributed by atoms with Crippen molar-refractivity contribution in [1.82, 2.24) is 20.4 Å². The second kappa shape index (κ2) is 10.7. The number of allylic oxidation sites excluding steroid dienone is 1. The van der Waals surface area contributed by atoms with E-state index < -0.39 is 6.04 Å². The molecule has 0 bridgehead atoms. The van der Waals surface area contributed by atoms with Gasteiger partial charge in [-0.25, -0.2) is 4.79 Å². The van der Waals surface area contributed by atoms with Crippen molar-refractivity contribution in [2.24, 2.45) is 0 Å². The number of rotatable bonds is 8. The number of methoxy groups -OCH3 is 1. The lowest BCUT2D eigenvalue weighted by Crippen LogP contribution is -2.46. The average Bonchev–Trinajstić information content (AvgIpc) is 3.41. The first kappa shape index (κ1) is 24.3. The van der Waals surface area contributed by atoms with E-state index in [4.69, 9.17) is 14.2 Å². The Hall–Kier alpha value is -4.39. The van der Waals surface area contributed by atoms with Crippen LogP contribution in [-0.4, -0.2) is 34.7 Å². The van der Waals surface area contributed by atoms with Crippen LogP contribution in [0.5, 0.6) is 5.75 Å². The molecule has 37 heavy (non-hydrogen) atoms. The van der Waals surface area contributed by atoms with Gasteiger partial charge in [-0.15, -0.1) is 0 Å². The molecule has 7 heteroatoms. The third kappa shape index (κ3) is 5.26. The van der Waals surface area contributed by atoms with Crippen molar-refractivity contribution in [2.45, 2.75) is 32.7 Å². The van der Waals surface area contributed by atoms with Crippen LogP contribution in [0.3, 0.4) is 0 Å². The van der Waals surface area contributed by atoms with E-state index in [1.54, 1.807) is 12.0 Å². The van der Waals surface area contributed by atoms with Gasteiger partial charge in [-0.1, -0.05) is 77.5 Å². The van der Waals surface area contributed by atoms with Crippen LogP contribution in [0.4, 0.5) is 4.79 Å². The number of carbonyl (C=O) groups is 1. The molecule has 1 aliphatic rings. The molecule has 5 rings (SSSR count). The number of urea groups is 1. The highest BCUT2D eigenvalue weighted by atomic mass is 16.5. The zero-order valence-electron chi connectivity index (χ0n) is 21.3. The van der Waals surface area contributed by atoms with Crippen LogP contribution < -0.4 is 10.1 Å². The van der Waals surface area contributed by atoms with Crippen LogP contribution in [0.2, 0.25) is 0 Å². The number of hydrogen-bond acceptors (Lipinski definition) is 5. The topological polar surface area (TPSA) is 80.5 Å². The number of nitrogens with zero attached hydrogens (tertiary/aromatic N) is 3. The van der Waals surface area contributed by atoms with Crippen LogP contribution in [-0.2, 0) is 6.42 Å². The van der Waals surface area contributed by atoms with Crippen LogP contribution >= 0.6 is 0 Å². The summed E-state index contributed by atoms with van der Waals surface area (Å²) in [5.74, 6) is 1.56. The minimum Gasteiger partial charge on any atom is -0.497 e. The molecule has 3 aromatic carbocycles. The Bertz CT molecular complexity index is 1410. The number of hydrogen-bond donors (Lipinski definition) is 1. The molecule has 0 saturated carbocycles. The molecule has 0 saturated heterocycles. The smallest absolute Gasteiger partial charge is 0.322 e. The summed E-state index contributed by atoms with van der Waals surface area (Å²) < 4.78 is 11.1. The minimum atomic E-state index is -0.405. The number of ether oxygens (including phenoxy) is 1. The number of nitrogens with one attached hydrogen (secondary N) is 1. The lowest BCUT2D eigenvalue weighted by molar-refractivity contribution is 0.204. The number of amides is 2. The SMILES string of the molecule is COc1cccc(-c2noc(C3=C(C)N(CCCc4ccccc4)C(=O)NC3c3ccc(C)cc3)n2)c1. The second-order valence-corrected chi connectivity index (χ2v) is 9.19. The van der Waals surface area contributed by atoms with E-state index in [2.05, 4.69) is 22.6 Å².